The second-order valence-corrected chi connectivity index (χ2v) is 6.73. The number of anilines is 2. The van der Waals surface area contributed by atoms with Crippen LogP contribution in [0.2, 0.25) is 0 Å². The maximum absolute atomic E-state index is 11.9. The Kier molecular flexibility index (Phi) is 10.1. The van der Waals surface area contributed by atoms with E-state index in [4.69, 9.17) is 14.2 Å². The predicted molar refractivity (Wildman–Crippen MR) is 124 cm³/mol. The van der Waals surface area contributed by atoms with Gasteiger partial charge in [0.25, 0.3) is 0 Å². The molecule has 2 aromatic rings. The minimum absolute atomic E-state index is 0.107. The molecule has 0 amide bonds. The van der Waals surface area contributed by atoms with E-state index in [0.717, 1.165) is 0 Å². The van der Waals surface area contributed by atoms with Gasteiger partial charge in [0.05, 0.1) is 17.6 Å². The van der Waals surface area contributed by atoms with Crippen LogP contribution in [-0.2, 0) is 28.6 Å². The molecule has 0 bridgehead atoms. The fraction of sp³-hybridized carbons (Fsp3) is 0.261. The monoisotopic (exact) mass is 454 g/mol. The first kappa shape index (κ1) is 25.1. The van der Waals surface area contributed by atoms with Crippen LogP contribution in [0.1, 0.15) is 20.8 Å². The van der Waals surface area contributed by atoms with Crippen molar-refractivity contribution in [2.75, 3.05) is 17.5 Å². The Labute approximate surface area is 191 Å². The molecule has 174 valence electrons. The lowest BCUT2D eigenvalue weighted by Gasteiger charge is -2.25. The minimum atomic E-state index is -1.22. The lowest BCUT2D eigenvalue weighted by atomic mass is 10.1. The first-order valence-corrected chi connectivity index (χ1v) is 10.1. The van der Waals surface area contributed by atoms with Gasteiger partial charge in [-0.2, -0.15) is 10.2 Å². The molecule has 10 nitrogen and oxygen atoms in total. The van der Waals surface area contributed by atoms with Crippen LogP contribution in [0.15, 0.2) is 70.9 Å². The number of benzene rings is 2. The van der Waals surface area contributed by atoms with Crippen molar-refractivity contribution in [3.8, 4) is 0 Å². The molecule has 0 saturated carbocycles. The van der Waals surface area contributed by atoms with E-state index in [1.807, 2.05) is 48.5 Å². The van der Waals surface area contributed by atoms with Crippen molar-refractivity contribution in [3.05, 3.63) is 60.7 Å². The van der Waals surface area contributed by atoms with Gasteiger partial charge in [0.2, 0.25) is 0 Å². The zero-order valence-electron chi connectivity index (χ0n) is 18.6. The molecule has 33 heavy (non-hydrogen) atoms. The molecule has 10 heteroatoms. The predicted octanol–water partition coefficient (Wildman–Crippen LogP) is 2.98. The van der Waals surface area contributed by atoms with Gasteiger partial charge in [0.15, 0.2) is 12.2 Å². The van der Waals surface area contributed by atoms with E-state index in [0.29, 0.717) is 11.4 Å². The molecule has 2 aromatic carbocycles. The maximum Gasteiger partial charge on any atom is 0.303 e. The van der Waals surface area contributed by atoms with E-state index in [2.05, 4.69) is 21.1 Å². The summed E-state index contributed by atoms with van der Waals surface area (Å²) in [6.45, 7) is 3.25. The van der Waals surface area contributed by atoms with E-state index < -0.39 is 30.1 Å². The van der Waals surface area contributed by atoms with Gasteiger partial charge in [-0.3, -0.25) is 25.2 Å². The quantitative estimate of drug-likeness (QED) is 0.230. The highest BCUT2D eigenvalue weighted by Crippen LogP contribution is 2.12. The average molecular weight is 454 g/mol. The second kappa shape index (κ2) is 13.3. The summed E-state index contributed by atoms with van der Waals surface area (Å²) in [5.74, 6) is -1.90. The van der Waals surface area contributed by atoms with Crippen LogP contribution in [0, 0.1) is 0 Å². The molecule has 2 atom stereocenters. The molecule has 0 radical (unpaired) electrons. The summed E-state index contributed by atoms with van der Waals surface area (Å²) in [5.41, 5.74) is 7.17. The molecular formula is C23H26N4O6. The summed E-state index contributed by atoms with van der Waals surface area (Å²) in [6.07, 6.45) is -1.06. The molecule has 0 spiro atoms. The number of hydrogen-bond donors (Lipinski definition) is 2. The lowest BCUT2D eigenvalue weighted by Crippen LogP contribution is -2.44. The number of esters is 3. The third kappa shape index (κ3) is 9.64. The molecule has 2 N–H and O–H groups in total. The molecule has 0 aromatic heterocycles. The highest BCUT2D eigenvalue weighted by atomic mass is 16.6. The number of rotatable bonds is 11. The van der Waals surface area contributed by atoms with Gasteiger partial charge in [-0.05, 0) is 24.3 Å². The number of carbonyl (C=O) groups is 3. The van der Waals surface area contributed by atoms with Gasteiger partial charge in [-0.25, -0.2) is 0 Å². The summed E-state index contributed by atoms with van der Waals surface area (Å²) in [4.78, 5) is 34.9. The molecule has 2 rings (SSSR count). The van der Waals surface area contributed by atoms with Crippen molar-refractivity contribution in [2.24, 2.45) is 10.2 Å². The molecule has 2 unspecified atom stereocenters. The first-order valence-electron chi connectivity index (χ1n) is 10.1. The van der Waals surface area contributed by atoms with Crippen molar-refractivity contribution in [2.45, 2.75) is 33.0 Å². The number of para-hydroxylation sites is 2. The van der Waals surface area contributed by atoms with Gasteiger partial charge >= 0.3 is 17.9 Å². The minimum Gasteiger partial charge on any atom is -0.462 e. The Hall–Kier alpha value is -4.21. The first-order chi connectivity index (χ1) is 15.8. The highest BCUT2D eigenvalue weighted by molar-refractivity contribution is 6.33. The van der Waals surface area contributed by atoms with E-state index in [1.165, 1.54) is 27.0 Å². The number of carbonyl (C=O) groups excluding carboxylic acids is 3. The SMILES string of the molecule is CC(=O)OCC(OC(C)=O)C(OC(C)=O)C(/C=N\Nc1ccccc1)=N\Nc1ccccc1. The van der Waals surface area contributed by atoms with Crippen LogP contribution >= 0.6 is 0 Å². The topological polar surface area (TPSA) is 128 Å². The Morgan fingerprint density at radius 2 is 1.36 bits per heavy atom. The van der Waals surface area contributed by atoms with Gasteiger partial charge in [0.1, 0.15) is 12.3 Å². The van der Waals surface area contributed by atoms with Crippen LogP contribution in [0.25, 0.3) is 0 Å². The average Bonchev–Trinajstić information content (AvgIpc) is 2.78. The van der Waals surface area contributed by atoms with Crippen molar-refractivity contribution >= 4 is 41.2 Å². The Morgan fingerprint density at radius 3 is 1.88 bits per heavy atom. The molecule has 0 aliphatic heterocycles. The Bertz CT molecular complexity index is 979. The zero-order valence-corrected chi connectivity index (χ0v) is 18.6. The standard InChI is InChI=1S/C23H26N4O6/c1-16(28)31-15-22(32-17(2)29)23(33-18(3)30)21(27-26-20-12-8-5-9-13-20)14-24-25-19-10-6-4-7-11-19/h4-14,22-23,25-26H,15H2,1-3H3/b24-14-,27-21-. The van der Waals surface area contributed by atoms with E-state index in [-0.39, 0.29) is 12.3 Å². The van der Waals surface area contributed by atoms with Crippen LogP contribution in [0.5, 0.6) is 0 Å². The normalized spacial score (nSPS) is 13.0. The van der Waals surface area contributed by atoms with Crippen molar-refractivity contribution in [1.29, 1.82) is 0 Å². The van der Waals surface area contributed by atoms with E-state index in [9.17, 15) is 14.4 Å². The molecule has 0 saturated heterocycles. The van der Waals surface area contributed by atoms with Gasteiger partial charge in [0, 0.05) is 20.8 Å². The highest BCUT2D eigenvalue weighted by Gasteiger charge is 2.33. The second-order valence-electron chi connectivity index (χ2n) is 6.73. The summed E-state index contributed by atoms with van der Waals surface area (Å²) in [7, 11) is 0. The summed E-state index contributed by atoms with van der Waals surface area (Å²) in [6, 6.07) is 18.2. The van der Waals surface area contributed by atoms with Crippen LogP contribution in [0.4, 0.5) is 11.4 Å². The van der Waals surface area contributed by atoms with Crippen LogP contribution in [0.3, 0.4) is 0 Å². The molecule has 0 aliphatic rings. The Morgan fingerprint density at radius 1 is 0.818 bits per heavy atom. The van der Waals surface area contributed by atoms with Crippen LogP contribution in [-0.4, -0.2) is 48.6 Å². The number of nitrogens with one attached hydrogen (secondary N) is 2. The van der Waals surface area contributed by atoms with Crippen molar-refractivity contribution in [3.63, 3.8) is 0 Å². The van der Waals surface area contributed by atoms with Gasteiger partial charge in [-0.1, -0.05) is 36.4 Å². The zero-order chi connectivity index (χ0) is 24.1. The molecule has 0 fully saturated rings. The van der Waals surface area contributed by atoms with E-state index >= 15 is 0 Å². The van der Waals surface area contributed by atoms with Crippen molar-refractivity contribution in [1.82, 2.24) is 0 Å². The number of hydrazone groups is 2. The largest absolute Gasteiger partial charge is 0.462 e. The number of nitrogens with zero attached hydrogens (tertiary/aromatic N) is 2. The summed E-state index contributed by atoms with van der Waals surface area (Å²) >= 11 is 0. The number of hydrogen-bond acceptors (Lipinski definition) is 10. The van der Waals surface area contributed by atoms with Gasteiger partial charge in [-0.15, -0.1) is 0 Å². The molecular weight excluding hydrogens is 428 g/mol. The summed E-state index contributed by atoms with van der Waals surface area (Å²) < 4.78 is 15.7. The molecule has 0 heterocycles. The third-order valence-electron chi connectivity index (χ3n) is 3.94. The fourth-order valence-corrected chi connectivity index (χ4v) is 2.59. The maximum atomic E-state index is 11.9. The molecule has 0 aliphatic carbocycles. The third-order valence-corrected chi connectivity index (χ3v) is 3.94. The van der Waals surface area contributed by atoms with Gasteiger partial charge < -0.3 is 14.2 Å². The van der Waals surface area contributed by atoms with E-state index in [1.54, 1.807) is 12.1 Å². The fourth-order valence-electron chi connectivity index (χ4n) is 2.59. The Balaban J connectivity index is 2.38. The summed E-state index contributed by atoms with van der Waals surface area (Å²) in [5, 5.41) is 8.46. The lowest BCUT2D eigenvalue weighted by molar-refractivity contribution is -0.167. The van der Waals surface area contributed by atoms with Crippen LogP contribution < -0.4 is 10.9 Å². The smallest absolute Gasteiger partial charge is 0.303 e. The van der Waals surface area contributed by atoms with Crippen molar-refractivity contribution < 1.29 is 28.6 Å². The number of ether oxygens (including phenoxy) is 3.